The van der Waals surface area contributed by atoms with Crippen LogP contribution >= 0.6 is 12.2 Å². The van der Waals surface area contributed by atoms with E-state index < -0.39 is 0 Å². The molecule has 4 nitrogen and oxygen atoms in total. The van der Waals surface area contributed by atoms with Gasteiger partial charge in [-0.15, -0.1) is 0 Å². The van der Waals surface area contributed by atoms with Gasteiger partial charge < -0.3 is 16.0 Å². The minimum Gasteiger partial charge on any atom is -0.393 e. The van der Waals surface area contributed by atoms with Crippen molar-refractivity contribution in [1.82, 2.24) is 10.2 Å². The van der Waals surface area contributed by atoms with E-state index >= 15 is 0 Å². The van der Waals surface area contributed by atoms with Crippen molar-refractivity contribution < 1.29 is 4.79 Å². The zero-order valence-electron chi connectivity index (χ0n) is 12.9. The first-order valence-electron chi connectivity index (χ1n) is 7.02. The standard InChI is InChI=1S/C14H29N3OS/c1-6-7-12(13(15)19)14(18)16-11(8-10(2)3)9-17(4)5/h10-12H,6-9H2,1-5H3,(H2,15,19)(H,16,18). The van der Waals surface area contributed by atoms with Crippen molar-refractivity contribution in [3.63, 3.8) is 0 Å². The number of rotatable bonds is 9. The summed E-state index contributed by atoms with van der Waals surface area (Å²) in [5.41, 5.74) is 5.66. The molecule has 0 bridgehead atoms. The average Bonchev–Trinajstić information content (AvgIpc) is 2.22. The third kappa shape index (κ3) is 8.16. The van der Waals surface area contributed by atoms with Gasteiger partial charge in [0.05, 0.1) is 10.9 Å². The molecule has 0 aliphatic carbocycles. The first-order chi connectivity index (χ1) is 8.77. The molecule has 0 aromatic rings. The molecule has 112 valence electrons. The summed E-state index contributed by atoms with van der Waals surface area (Å²) < 4.78 is 0. The van der Waals surface area contributed by atoms with E-state index in [-0.39, 0.29) is 17.9 Å². The highest BCUT2D eigenvalue weighted by Crippen LogP contribution is 2.10. The van der Waals surface area contributed by atoms with Crippen molar-refractivity contribution in [2.24, 2.45) is 17.6 Å². The number of nitrogens with one attached hydrogen (secondary N) is 1. The quantitative estimate of drug-likeness (QED) is 0.635. The molecular weight excluding hydrogens is 258 g/mol. The van der Waals surface area contributed by atoms with Gasteiger partial charge in [-0.05, 0) is 32.9 Å². The summed E-state index contributed by atoms with van der Waals surface area (Å²) in [6, 6.07) is 0.149. The third-order valence-corrected chi connectivity index (χ3v) is 3.21. The second kappa shape index (κ2) is 9.26. The maximum atomic E-state index is 12.3. The first-order valence-corrected chi connectivity index (χ1v) is 7.43. The molecule has 0 radical (unpaired) electrons. The van der Waals surface area contributed by atoms with Crippen molar-refractivity contribution in [1.29, 1.82) is 0 Å². The third-order valence-electron chi connectivity index (χ3n) is 2.93. The van der Waals surface area contributed by atoms with E-state index in [4.69, 9.17) is 18.0 Å². The molecule has 5 heteroatoms. The fourth-order valence-corrected chi connectivity index (χ4v) is 2.41. The van der Waals surface area contributed by atoms with Crippen molar-refractivity contribution in [2.75, 3.05) is 20.6 Å². The van der Waals surface area contributed by atoms with Crippen molar-refractivity contribution >= 4 is 23.1 Å². The lowest BCUT2D eigenvalue weighted by molar-refractivity contribution is -0.124. The fraction of sp³-hybridized carbons (Fsp3) is 0.857. The summed E-state index contributed by atoms with van der Waals surface area (Å²) in [6.45, 7) is 7.18. The molecule has 0 spiro atoms. The predicted molar refractivity (Wildman–Crippen MR) is 85.1 cm³/mol. The molecule has 3 N–H and O–H groups in total. The van der Waals surface area contributed by atoms with Crippen LogP contribution in [0.1, 0.15) is 40.0 Å². The molecule has 0 aromatic heterocycles. The molecule has 0 aromatic carbocycles. The normalized spacial score (nSPS) is 14.5. The van der Waals surface area contributed by atoms with Gasteiger partial charge in [0.15, 0.2) is 0 Å². The van der Waals surface area contributed by atoms with Crippen molar-refractivity contribution in [2.45, 2.75) is 46.1 Å². The number of amides is 1. The van der Waals surface area contributed by atoms with Gasteiger partial charge in [0.2, 0.25) is 5.91 Å². The Hall–Kier alpha value is -0.680. The van der Waals surface area contributed by atoms with Crippen LogP contribution < -0.4 is 11.1 Å². The van der Waals surface area contributed by atoms with Gasteiger partial charge in [-0.2, -0.15) is 0 Å². The molecule has 0 aliphatic rings. The lowest BCUT2D eigenvalue weighted by atomic mass is 9.99. The van der Waals surface area contributed by atoms with E-state index in [0.717, 1.165) is 25.8 Å². The maximum absolute atomic E-state index is 12.3. The van der Waals surface area contributed by atoms with Gasteiger partial charge in [-0.1, -0.05) is 39.4 Å². The highest BCUT2D eigenvalue weighted by molar-refractivity contribution is 7.80. The maximum Gasteiger partial charge on any atom is 0.230 e. The van der Waals surface area contributed by atoms with E-state index in [1.165, 1.54) is 0 Å². The Morgan fingerprint density at radius 2 is 1.95 bits per heavy atom. The van der Waals surface area contributed by atoms with E-state index in [1.807, 2.05) is 21.0 Å². The van der Waals surface area contributed by atoms with Gasteiger partial charge in [0, 0.05) is 12.6 Å². The van der Waals surface area contributed by atoms with E-state index in [9.17, 15) is 4.79 Å². The lowest BCUT2D eigenvalue weighted by Gasteiger charge is -2.26. The Balaban J connectivity index is 4.61. The largest absolute Gasteiger partial charge is 0.393 e. The van der Waals surface area contributed by atoms with Gasteiger partial charge >= 0.3 is 0 Å². The highest BCUT2D eigenvalue weighted by Gasteiger charge is 2.23. The lowest BCUT2D eigenvalue weighted by Crippen LogP contribution is -2.47. The Kier molecular flexibility index (Phi) is 8.93. The summed E-state index contributed by atoms with van der Waals surface area (Å²) in [6.07, 6.45) is 2.58. The number of carbonyl (C=O) groups is 1. The Bertz CT molecular complexity index is 282. The molecule has 2 unspecified atom stereocenters. The zero-order chi connectivity index (χ0) is 15.0. The van der Waals surface area contributed by atoms with Crippen molar-refractivity contribution in [3.05, 3.63) is 0 Å². The topological polar surface area (TPSA) is 58.4 Å². The molecule has 0 saturated carbocycles. The fourth-order valence-electron chi connectivity index (χ4n) is 2.18. The molecule has 1 amide bonds. The summed E-state index contributed by atoms with van der Waals surface area (Å²) in [5, 5.41) is 3.10. The van der Waals surface area contributed by atoms with Gasteiger partial charge in [0.25, 0.3) is 0 Å². The molecule has 0 heterocycles. The number of hydrogen-bond donors (Lipinski definition) is 2. The molecule has 2 atom stereocenters. The van der Waals surface area contributed by atoms with Crippen LogP contribution in [0.2, 0.25) is 0 Å². The van der Waals surface area contributed by atoms with E-state index in [0.29, 0.717) is 10.9 Å². The van der Waals surface area contributed by atoms with Crippen LogP contribution in [0.3, 0.4) is 0 Å². The predicted octanol–water partition coefficient (Wildman–Crippen LogP) is 1.78. The van der Waals surface area contributed by atoms with Crippen LogP contribution in [0.25, 0.3) is 0 Å². The van der Waals surface area contributed by atoms with Crippen LogP contribution in [-0.2, 0) is 4.79 Å². The Morgan fingerprint density at radius 3 is 2.32 bits per heavy atom. The number of thiocarbonyl (C=S) groups is 1. The average molecular weight is 287 g/mol. The number of hydrogen-bond acceptors (Lipinski definition) is 3. The van der Waals surface area contributed by atoms with Crippen LogP contribution in [0.4, 0.5) is 0 Å². The Morgan fingerprint density at radius 1 is 1.37 bits per heavy atom. The summed E-state index contributed by atoms with van der Waals surface area (Å²) in [5.74, 6) is 0.179. The second-order valence-electron chi connectivity index (χ2n) is 5.84. The number of carbonyl (C=O) groups excluding carboxylic acids is 1. The van der Waals surface area contributed by atoms with Gasteiger partial charge in [-0.3, -0.25) is 4.79 Å². The van der Waals surface area contributed by atoms with Crippen LogP contribution in [0.15, 0.2) is 0 Å². The van der Waals surface area contributed by atoms with Crippen LogP contribution in [0, 0.1) is 11.8 Å². The van der Waals surface area contributed by atoms with Gasteiger partial charge in [0.1, 0.15) is 0 Å². The molecule has 19 heavy (non-hydrogen) atoms. The summed E-state index contributed by atoms with van der Waals surface area (Å²) >= 11 is 4.99. The number of likely N-dealkylation sites (N-methyl/N-ethyl adjacent to an activating group) is 1. The van der Waals surface area contributed by atoms with Gasteiger partial charge in [-0.25, -0.2) is 0 Å². The monoisotopic (exact) mass is 287 g/mol. The molecule has 0 saturated heterocycles. The SMILES string of the molecule is CCCC(C(=O)NC(CC(C)C)CN(C)C)C(N)=S. The minimum absolute atomic E-state index is 0.0261. The summed E-state index contributed by atoms with van der Waals surface area (Å²) in [7, 11) is 4.02. The zero-order valence-corrected chi connectivity index (χ0v) is 13.7. The Labute approximate surface area is 123 Å². The molecule has 0 rings (SSSR count). The molecular formula is C14H29N3OS. The molecule has 0 fully saturated rings. The van der Waals surface area contributed by atoms with Crippen molar-refractivity contribution in [3.8, 4) is 0 Å². The second-order valence-corrected chi connectivity index (χ2v) is 6.31. The van der Waals surface area contributed by atoms with Crippen LogP contribution in [0.5, 0.6) is 0 Å². The smallest absolute Gasteiger partial charge is 0.230 e. The van der Waals surface area contributed by atoms with Crippen LogP contribution in [-0.4, -0.2) is 42.5 Å². The van der Waals surface area contributed by atoms with E-state index in [1.54, 1.807) is 0 Å². The summed E-state index contributed by atoms with van der Waals surface area (Å²) in [4.78, 5) is 14.6. The minimum atomic E-state index is -0.336. The highest BCUT2D eigenvalue weighted by atomic mass is 32.1. The first kappa shape index (κ1) is 18.3. The molecule has 0 aliphatic heterocycles. The number of nitrogens with two attached hydrogens (primary N) is 1. The number of nitrogens with zero attached hydrogens (tertiary/aromatic N) is 1. The van der Waals surface area contributed by atoms with E-state index in [2.05, 4.69) is 24.1 Å².